The molecular formula is C16H19N7O3. The van der Waals surface area contributed by atoms with Gasteiger partial charge in [0, 0.05) is 6.54 Å². The monoisotopic (exact) mass is 357 g/mol. The van der Waals surface area contributed by atoms with Crippen molar-refractivity contribution in [1.29, 1.82) is 0 Å². The van der Waals surface area contributed by atoms with E-state index >= 15 is 0 Å². The fourth-order valence-corrected chi connectivity index (χ4v) is 2.40. The molecule has 0 saturated heterocycles. The molecule has 0 aliphatic carbocycles. The van der Waals surface area contributed by atoms with Crippen molar-refractivity contribution >= 4 is 28.9 Å². The summed E-state index contributed by atoms with van der Waals surface area (Å²) in [6, 6.07) is 9.47. The fraction of sp³-hybridized carbons (Fsp3) is 0.312. The predicted octanol–water partition coefficient (Wildman–Crippen LogP) is 2.06. The third kappa shape index (κ3) is 3.86. The average molecular weight is 357 g/mol. The summed E-state index contributed by atoms with van der Waals surface area (Å²) >= 11 is 0. The Morgan fingerprint density at radius 2 is 2.04 bits per heavy atom. The summed E-state index contributed by atoms with van der Waals surface area (Å²) in [5, 5.41) is 26.5. The number of H-pyrrole nitrogens is 1. The van der Waals surface area contributed by atoms with Gasteiger partial charge in [0.25, 0.3) is 5.65 Å². The quantitative estimate of drug-likeness (QED) is 0.354. The van der Waals surface area contributed by atoms with Gasteiger partial charge in [-0.1, -0.05) is 37.3 Å². The molecule has 2 aromatic heterocycles. The maximum Gasteiger partial charge on any atom is 0.435 e. The van der Waals surface area contributed by atoms with Crippen LogP contribution in [0.25, 0.3) is 11.2 Å². The van der Waals surface area contributed by atoms with E-state index < -0.39 is 10.9 Å². The third-order valence-electron chi connectivity index (χ3n) is 3.86. The van der Waals surface area contributed by atoms with E-state index in [-0.39, 0.29) is 24.2 Å². The van der Waals surface area contributed by atoms with Gasteiger partial charge in [-0.15, -0.1) is 0 Å². The molecule has 0 amide bonds. The average Bonchev–Trinajstić information content (AvgIpc) is 3.09. The second-order valence-electron chi connectivity index (χ2n) is 5.68. The number of imidazole rings is 1. The Labute approximate surface area is 148 Å². The van der Waals surface area contributed by atoms with Gasteiger partial charge in [0.2, 0.25) is 11.5 Å². The summed E-state index contributed by atoms with van der Waals surface area (Å²) in [7, 11) is 0. The van der Waals surface area contributed by atoms with Crippen LogP contribution in [-0.2, 0) is 6.54 Å². The minimum Gasteiger partial charge on any atom is -0.394 e. The number of nitrogens with zero attached hydrogens (tertiary/aromatic N) is 4. The lowest BCUT2D eigenvalue weighted by molar-refractivity contribution is -0.393. The lowest BCUT2D eigenvalue weighted by atomic mass is 10.2. The molecule has 3 rings (SSSR count). The first-order valence-electron chi connectivity index (χ1n) is 8.18. The van der Waals surface area contributed by atoms with Crippen molar-refractivity contribution in [2.45, 2.75) is 25.9 Å². The topological polar surface area (TPSA) is 142 Å². The molecule has 1 atom stereocenters. The minimum absolute atomic E-state index is 0.0780. The molecule has 10 nitrogen and oxygen atoms in total. The molecule has 3 aromatic rings. The van der Waals surface area contributed by atoms with Crippen LogP contribution in [0.1, 0.15) is 18.9 Å². The van der Waals surface area contributed by atoms with Crippen LogP contribution >= 0.6 is 0 Å². The van der Waals surface area contributed by atoms with Gasteiger partial charge < -0.3 is 25.9 Å². The van der Waals surface area contributed by atoms with Gasteiger partial charge in [-0.05, 0) is 21.9 Å². The number of aliphatic hydroxyl groups is 1. The van der Waals surface area contributed by atoms with Crippen LogP contribution in [0.15, 0.2) is 30.3 Å². The number of rotatable bonds is 8. The standard InChI is InChI=1S/C16H19N7O3/c1-2-11(9-24)18-15-20-13(17-8-10-6-4-3-5-7-10)12-14(21-15)22-16(19-12)23(25)26/h3-7,11,24H,2,8-9H2,1H3,(H3,17,18,19,20,21,22). The van der Waals surface area contributed by atoms with E-state index in [1.807, 2.05) is 37.3 Å². The van der Waals surface area contributed by atoms with Crippen LogP contribution < -0.4 is 10.6 Å². The number of anilines is 2. The van der Waals surface area contributed by atoms with Crippen molar-refractivity contribution in [2.24, 2.45) is 0 Å². The second-order valence-corrected chi connectivity index (χ2v) is 5.68. The zero-order valence-corrected chi connectivity index (χ0v) is 14.1. The molecule has 10 heteroatoms. The molecule has 0 aliphatic heterocycles. The molecule has 0 bridgehead atoms. The SMILES string of the molecule is CCC(CO)Nc1nc(NCc2ccccc2)c2[nH]c([N+](=O)[O-])nc2n1. The minimum atomic E-state index is -0.613. The highest BCUT2D eigenvalue weighted by Gasteiger charge is 2.21. The van der Waals surface area contributed by atoms with Gasteiger partial charge in [0.15, 0.2) is 5.82 Å². The number of aromatic nitrogens is 4. The Hall–Kier alpha value is -3.27. The highest BCUT2D eigenvalue weighted by atomic mass is 16.6. The number of hydrogen-bond donors (Lipinski definition) is 4. The first-order chi connectivity index (χ1) is 12.6. The number of aromatic amines is 1. The van der Waals surface area contributed by atoms with Crippen molar-refractivity contribution in [3.63, 3.8) is 0 Å². The predicted molar refractivity (Wildman–Crippen MR) is 96.9 cm³/mol. The van der Waals surface area contributed by atoms with Crippen LogP contribution in [0.2, 0.25) is 0 Å². The molecule has 0 aliphatic rings. The summed E-state index contributed by atoms with van der Waals surface area (Å²) in [5.41, 5.74) is 1.57. The fourth-order valence-electron chi connectivity index (χ4n) is 2.40. The number of fused-ring (bicyclic) bond motifs is 1. The Kier molecular flexibility index (Phi) is 5.23. The van der Waals surface area contributed by atoms with Crippen LogP contribution in [0.5, 0.6) is 0 Å². The number of nitro groups is 1. The van der Waals surface area contributed by atoms with Crippen LogP contribution in [0.4, 0.5) is 17.7 Å². The number of aliphatic hydroxyl groups excluding tert-OH is 1. The molecule has 1 aromatic carbocycles. The molecular weight excluding hydrogens is 338 g/mol. The van der Waals surface area contributed by atoms with E-state index in [4.69, 9.17) is 0 Å². The summed E-state index contributed by atoms with van der Waals surface area (Å²) in [6.45, 7) is 2.32. The van der Waals surface area contributed by atoms with E-state index in [2.05, 4.69) is 30.6 Å². The molecule has 0 radical (unpaired) electrons. The Bertz CT molecular complexity index is 893. The van der Waals surface area contributed by atoms with Gasteiger partial charge in [0.1, 0.15) is 0 Å². The summed E-state index contributed by atoms with van der Waals surface area (Å²) in [6.07, 6.45) is 0.672. The molecule has 4 N–H and O–H groups in total. The Morgan fingerprint density at radius 3 is 2.69 bits per heavy atom. The summed E-state index contributed by atoms with van der Waals surface area (Å²) < 4.78 is 0. The highest BCUT2D eigenvalue weighted by Crippen LogP contribution is 2.23. The maximum atomic E-state index is 11.0. The van der Waals surface area contributed by atoms with Crippen molar-refractivity contribution in [1.82, 2.24) is 19.9 Å². The van der Waals surface area contributed by atoms with Crippen molar-refractivity contribution < 1.29 is 10.0 Å². The Balaban J connectivity index is 1.95. The normalized spacial score (nSPS) is 12.1. The van der Waals surface area contributed by atoms with Crippen LogP contribution in [0.3, 0.4) is 0 Å². The molecule has 26 heavy (non-hydrogen) atoms. The summed E-state index contributed by atoms with van der Waals surface area (Å²) in [5.74, 6) is 0.244. The van der Waals surface area contributed by atoms with Crippen molar-refractivity contribution in [2.75, 3.05) is 17.2 Å². The van der Waals surface area contributed by atoms with E-state index in [1.165, 1.54) is 0 Å². The molecule has 0 saturated carbocycles. The lowest BCUT2D eigenvalue weighted by Gasteiger charge is -2.14. The second kappa shape index (κ2) is 7.74. The molecule has 2 heterocycles. The van der Waals surface area contributed by atoms with Gasteiger partial charge in [-0.3, -0.25) is 0 Å². The van der Waals surface area contributed by atoms with Gasteiger partial charge >= 0.3 is 5.95 Å². The Morgan fingerprint density at radius 1 is 1.27 bits per heavy atom. The largest absolute Gasteiger partial charge is 0.435 e. The number of benzene rings is 1. The van der Waals surface area contributed by atoms with E-state index in [0.717, 1.165) is 5.56 Å². The highest BCUT2D eigenvalue weighted by molar-refractivity contribution is 5.85. The summed E-state index contributed by atoms with van der Waals surface area (Å²) in [4.78, 5) is 25.5. The smallest absolute Gasteiger partial charge is 0.394 e. The van der Waals surface area contributed by atoms with Crippen molar-refractivity contribution in [3.8, 4) is 0 Å². The van der Waals surface area contributed by atoms with Gasteiger partial charge in [-0.2, -0.15) is 9.97 Å². The molecule has 1 unspecified atom stereocenters. The first kappa shape index (κ1) is 17.5. The molecule has 136 valence electrons. The third-order valence-corrected chi connectivity index (χ3v) is 3.86. The van der Waals surface area contributed by atoms with Gasteiger partial charge in [0.05, 0.1) is 12.6 Å². The van der Waals surface area contributed by atoms with E-state index in [1.54, 1.807) is 0 Å². The number of hydrogen-bond acceptors (Lipinski definition) is 8. The van der Waals surface area contributed by atoms with Crippen molar-refractivity contribution in [3.05, 3.63) is 46.0 Å². The molecule has 0 spiro atoms. The van der Waals surface area contributed by atoms with Gasteiger partial charge in [-0.25, -0.2) is 4.98 Å². The zero-order chi connectivity index (χ0) is 18.5. The zero-order valence-electron chi connectivity index (χ0n) is 14.1. The van der Waals surface area contributed by atoms with E-state index in [9.17, 15) is 15.2 Å². The number of nitrogens with one attached hydrogen (secondary N) is 3. The maximum absolute atomic E-state index is 11.0. The van der Waals surface area contributed by atoms with E-state index in [0.29, 0.717) is 24.3 Å². The molecule has 0 fully saturated rings. The first-order valence-corrected chi connectivity index (χ1v) is 8.18. The lowest BCUT2D eigenvalue weighted by Crippen LogP contribution is -2.24. The van der Waals surface area contributed by atoms with Crippen LogP contribution in [0, 0.1) is 10.1 Å². The van der Waals surface area contributed by atoms with Crippen LogP contribution in [-0.4, -0.2) is 42.6 Å².